The first kappa shape index (κ1) is 14.0. The molecule has 0 aliphatic heterocycles. The topological polar surface area (TPSA) is 85.8 Å². The molecule has 1 aromatic heterocycles. The van der Waals surface area contributed by atoms with E-state index in [1.165, 1.54) is 0 Å². The van der Waals surface area contributed by atoms with E-state index in [1.54, 1.807) is 10.7 Å². The molecule has 0 saturated heterocycles. The predicted octanol–water partition coefficient (Wildman–Crippen LogP) is 1.81. The van der Waals surface area contributed by atoms with Crippen molar-refractivity contribution < 1.29 is 4.79 Å². The Hall–Kier alpha value is -2.37. The fourth-order valence-electron chi connectivity index (χ4n) is 1.97. The van der Waals surface area contributed by atoms with Crippen molar-refractivity contribution in [3.05, 3.63) is 35.4 Å². The normalized spacial score (nSPS) is 10.6. The zero-order valence-corrected chi connectivity index (χ0v) is 12.0. The molecule has 3 N–H and O–H groups in total. The molecule has 1 aromatic carbocycles. The molecular formula is C14H19N5O. The van der Waals surface area contributed by atoms with E-state index in [2.05, 4.69) is 15.4 Å². The van der Waals surface area contributed by atoms with Crippen molar-refractivity contribution in [3.8, 4) is 0 Å². The molecule has 1 heterocycles. The minimum atomic E-state index is -0.0637. The van der Waals surface area contributed by atoms with Crippen LogP contribution in [0.2, 0.25) is 0 Å². The van der Waals surface area contributed by atoms with Crippen molar-refractivity contribution in [1.29, 1.82) is 0 Å². The highest BCUT2D eigenvalue weighted by Crippen LogP contribution is 2.18. The van der Waals surface area contributed by atoms with Gasteiger partial charge in [-0.3, -0.25) is 4.79 Å². The maximum atomic E-state index is 12.0. The average molecular weight is 273 g/mol. The van der Waals surface area contributed by atoms with E-state index >= 15 is 0 Å². The van der Waals surface area contributed by atoms with E-state index in [0.29, 0.717) is 18.7 Å². The van der Waals surface area contributed by atoms with Crippen molar-refractivity contribution in [3.63, 3.8) is 0 Å². The number of anilines is 2. The number of nitrogens with one attached hydrogen (secondary N) is 1. The van der Waals surface area contributed by atoms with Gasteiger partial charge in [-0.05, 0) is 38.5 Å². The standard InChI is InChI=1S/C14H19N5O/c1-9-4-5-12(15)8-13(9)17-14(20)6-7-19-11(3)16-10(2)18-19/h4-5,8H,6-7,15H2,1-3H3,(H,17,20). The van der Waals surface area contributed by atoms with Gasteiger partial charge in [0.25, 0.3) is 0 Å². The van der Waals surface area contributed by atoms with Crippen molar-refractivity contribution in [2.45, 2.75) is 33.7 Å². The van der Waals surface area contributed by atoms with E-state index in [0.717, 1.165) is 22.9 Å². The number of nitrogens with two attached hydrogens (primary N) is 1. The Morgan fingerprint density at radius 1 is 1.35 bits per heavy atom. The second kappa shape index (κ2) is 5.73. The van der Waals surface area contributed by atoms with Crippen molar-refractivity contribution in [2.24, 2.45) is 0 Å². The third kappa shape index (κ3) is 3.34. The summed E-state index contributed by atoms with van der Waals surface area (Å²) in [6.45, 7) is 6.15. The zero-order valence-electron chi connectivity index (χ0n) is 12.0. The van der Waals surface area contributed by atoms with E-state index in [-0.39, 0.29) is 5.91 Å². The van der Waals surface area contributed by atoms with Gasteiger partial charge in [0.2, 0.25) is 5.91 Å². The molecule has 0 spiro atoms. The van der Waals surface area contributed by atoms with Crippen molar-refractivity contribution >= 4 is 17.3 Å². The Kier molecular flexibility index (Phi) is 4.02. The predicted molar refractivity (Wildman–Crippen MR) is 78.3 cm³/mol. The summed E-state index contributed by atoms with van der Waals surface area (Å²) in [4.78, 5) is 16.2. The largest absolute Gasteiger partial charge is 0.399 e. The second-order valence-electron chi connectivity index (χ2n) is 4.80. The van der Waals surface area contributed by atoms with Gasteiger partial charge in [0.15, 0.2) is 0 Å². The minimum absolute atomic E-state index is 0.0637. The molecule has 0 saturated carbocycles. The number of carbonyl (C=O) groups excluding carboxylic acids is 1. The fraction of sp³-hybridized carbons (Fsp3) is 0.357. The lowest BCUT2D eigenvalue weighted by Crippen LogP contribution is -2.16. The third-order valence-electron chi connectivity index (χ3n) is 3.05. The zero-order chi connectivity index (χ0) is 14.7. The molecule has 0 aliphatic rings. The van der Waals surface area contributed by atoms with E-state index < -0.39 is 0 Å². The van der Waals surface area contributed by atoms with Crippen LogP contribution in [0, 0.1) is 20.8 Å². The third-order valence-corrected chi connectivity index (χ3v) is 3.05. The second-order valence-corrected chi connectivity index (χ2v) is 4.80. The maximum absolute atomic E-state index is 12.0. The highest BCUT2D eigenvalue weighted by Gasteiger charge is 2.08. The molecule has 2 rings (SSSR count). The first-order valence-electron chi connectivity index (χ1n) is 6.50. The molecule has 20 heavy (non-hydrogen) atoms. The lowest BCUT2D eigenvalue weighted by atomic mass is 10.2. The fourth-order valence-corrected chi connectivity index (χ4v) is 1.97. The van der Waals surface area contributed by atoms with Crippen molar-refractivity contribution in [2.75, 3.05) is 11.1 Å². The van der Waals surface area contributed by atoms with Gasteiger partial charge < -0.3 is 11.1 Å². The number of carbonyl (C=O) groups is 1. The summed E-state index contributed by atoms with van der Waals surface area (Å²) < 4.78 is 1.74. The first-order chi connectivity index (χ1) is 9.45. The van der Waals surface area contributed by atoms with Gasteiger partial charge in [-0.15, -0.1) is 0 Å². The molecule has 0 unspecified atom stereocenters. The summed E-state index contributed by atoms with van der Waals surface area (Å²) in [5.74, 6) is 1.47. The summed E-state index contributed by atoms with van der Waals surface area (Å²) in [5, 5.41) is 7.09. The average Bonchev–Trinajstić information content (AvgIpc) is 2.70. The molecule has 0 fully saturated rings. The number of nitrogen functional groups attached to an aromatic ring is 1. The number of aromatic nitrogens is 3. The highest BCUT2D eigenvalue weighted by molar-refractivity contribution is 5.91. The molecule has 106 valence electrons. The number of hydrogen-bond acceptors (Lipinski definition) is 4. The van der Waals surface area contributed by atoms with Gasteiger partial charge in [-0.1, -0.05) is 6.07 Å². The lowest BCUT2D eigenvalue weighted by molar-refractivity contribution is -0.116. The summed E-state index contributed by atoms with van der Waals surface area (Å²) in [7, 11) is 0. The quantitative estimate of drug-likeness (QED) is 0.832. The van der Waals surface area contributed by atoms with E-state index in [1.807, 2.05) is 32.9 Å². The highest BCUT2D eigenvalue weighted by atomic mass is 16.1. The summed E-state index contributed by atoms with van der Waals surface area (Å²) in [6, 6.07) is 5.46. The number of nitrogens with zero attached hydrogens (tertiary/aromatic N) is 3. The van der Waals surface area contributed by atoms with Crippen LogP contribution in [0.4, 0.5) is 11.4 Å². The summed E-state index contributed by atoms with van der Waals surface area (Å²) in [6.07, 6.45) is 0.345. The molecule has 2 aromatic rings. The van der Waals surface area contributed by atoms with Gasteiger partial charge in [0.1, 0.15) is 11.6 Å². The molecule has 0 bridgehead atoms. The van der Waals surface area contributed by atoms with Crippen LogP contribution < -0.4 is 11.1 Å². The van der Waals surface area contributed by atoms with Crippen LogP contribution in [0.1, 0.15) is 23.6 Å². The molecule has 6 nitrogen and oxygen atoms in total. The minimum Gasteiger partial charge on any atom is -0.399 e. The van der Waals surface area contributed by atoms with Crippen molar-refractivity contribution in [1.82, 2.24) is 14.8 Å². The molecular weight excluding hydrogens is 254 g/mol. The van der Waals surface area contributed by atoms with Gasteiger partial charge in [0, 0.05) is 17.8 Å². The SMILES string of the molecule is Cc1nc(C)n(CCC(=O)Nc2cc(N)ccc2C)n1. The Morgan fingerprint density at radius 2 is 2.10 bits per heavy atom. The number of benzene rings is 1. The van der Waals surface area contributed by atoms with E-state index in [4.69, 9.17) is 5.73 Å². The van der Waals surface area contributed by atoms with Gasteiger partial charge in [-0.2, -0.15) is 5.10 Å². The smallest absolute Gasteiger partial charge is 0.226 e. The molecule has 0 atom stereocenters. The van der Waals surface area contributed by atoms with Gasteiger partial charge in [0.05, 0.1) is 6.54 Å². The van der Waals surface area contributed by atoms with Crippen LogP contribution in [0.3, 0.4) is 0 Å². The van der Waals surface area contributed by atoms with Crippen LogP contribution in [-0.2, 0) is 11.3 Å². The Balaban J connectivity index is 1.96. The van der Waals surface area contributed by atoms with Crippen LogP contribution in [0.25, 0.3) is 0 Å². The number of amides is 1. The Morgan fingerprint density at radius 3 is 2.75 bits per heavy atom. The number of hydrogen-bond donors (Lipinski definition) is 2. The Bertz CT molecular complexity index is 632. The maximum Gasteiger partial charge on any atom is 0.226 e. The molecule has 1 amide bonds. The summed E-state index contributed by atoms with van der Waals surface area (Å²) >= 11 is 0. The van der Waals surface area contributed by atoms with E-state index in [9.17, 15) is 4.79 Å². The number of rotatable bonds is 4. The van der Waals surface area contributed by atoms with Gasteiger partial charge in [-0.25, -0.2) is 9.67 Å². The van der Waals surface area contributed by atoms with Crippen LogP contribution in [0.5, 0.6) is 0 Å². The molecule has 6 heteroatoms. The molecule has 0 aliphatic carbocycles. The first-order valence-corrected chi connectivity index (χ1v) is 6.50. The number of aryl methyl sites for hydroxylation is 4. The van der Waals surface area contributed by atoms with Crippen LogP contribution in [-0.4, -0.2) is 20.7 Å². The molecule has 0 radical (unpaired) electrons. The van der Waals surface area contributed by atoms with Gasteiger partial charge >= 0.3 is 0 Å². The summed E-state index contributed by atoms with van der Waals surface area (Å²) in [5.41, 5.74) is 8.09. The lowest BCUT2D eigenvalue weighted by Gasteiger charge is -2.09. The van der Waals surface area contributed by atoms with Crippen LogP contribution >= 0.6 is 0 Å². The monoisotopic (exact) mass is 273 g/mol. The van der Waals surface area contributed by atoms with Crippen LogP contribution in [0.15, 0.2) is 18.2 Å². The Labute approximate surface area is 118 Å².